The summed E-state index contributed by atoms with van der Waals surface area (Å²) < 4.78 is 32.5. The molecule has 50 heavy (non-hydrogen) atoms. The highest BCUT2D eigenvalue weighted by atomic mass is 28.4. The molecule has 3 aliphatic heterocycles. The Morgan fingerprint density at radius 3 is 2.30 bits per heavy atom. The van der Waals surface area contributed by atoms with E-state index in [0.717, 1.165) is 56.3 Å². The summed E-state index contributed by atoms with van der Waals surface area (Å²) in [7, 11) is -0.371. The predicted octanol–water partition coefficient (Wildman–Crippen LogP) is 10.4. The molecule has 0 bridgehead atoms. The minimum absolute atomic E-state index is 0.00450. The molecule has 3 fully saturated rings. The quantitative estimate of drug-likeness (QED) is 0.0967. The maximum absolute atomic E-state index is 13.6. The van der Waals surface area contributed by atoms with Crippen LogP contribution >= 0.6 is 0 Å². The van der Waals surface area contributed by atoms with Gasteiger partial charge in [-0.3, -0.25) is 4.79 Å². The van der Waals surface area contributed by atoms with Gasteiger partial charge in [0.1, 0.15) is 0 Å². The van der Waals surface area contributed by atoms with Gasteiger partial charge < -0.3 is 23.4 Å². The summed E-state index contributed by atoms with van der Waals surface area (Å²) in [4.78, 5) is 13.6. The molecule has 0 radical (unpaired) electrons. The number of methoxy groups -OCH3 is 1. The molecule has 6 nitrogen and oxygen atoms in total. The van der Waals surface area contributed by atoms with Crippen molar-refractivity contribution < 1.29 is 28.2 Å². The van der Waals surface area contributed by atoms with E-state index in [1.165, 1.54) is 25.5 Å². The highest BCUT2D eigenvalue weighted by Gasteiger charge is 2.50. The number of rotatable bonds is 16. The van der Waals surface area contributed by atoms with Gasteiger partial charge in [0, 0.05) is 18.9 Å². The molecular formula is C43H70O6Si. The lowest BCUT2D eigenvalue weighted by molar-refractivity contribution is -0.145. The number of hydrogen-bond acceptors (Lipinski definition) is 6. The van der Waals surface area contributed by atoms with Gasteiger partial charge >= 0.3 is 5.97 Å². The van der Waals surface area contributed by atoms with Crippen molar-refractivity contribution in [3.05, 3.63) is 60.2 Å². The highest BCUT2D eigenvalue weighted by Crippen LogP contribution is 2.48. The Hall–Kier alpha value is -1.77. The fourth-order valence-electron chi connectivity index (χ4n) is 8.22. The third-order valence-corrected chi connectivity index (χ3v) is 17.0. The zero-order valence-electron chi connectivity index (χ0n) is 33.2. The molecule has 282 valence electrons. The molecule has 1 aromatic carbocycles. The van der Waals surface area contributed by atoms with E-state index in [9.17, 15) is 4.79 Å². The molecule has 0 N–H and O–H groups in total. The molecule has 0 aliphatic carbocycles. The van der Waals surface area contributed by atoms with E-state index in [4.69, 9.17) is 23.4 Å². The lowest BCUT2D eigenvalue weighted by atomic mass is 9.72. The fraction of sp³-hybridized carbons (Fsp3) is 0.744. The molecule has 3 heterocycles. The molecule has 7 heteroatoms. The number of unbranched alkanes of at least 4 members (excludes halogenated alkanes) is 1. The van der Waals surface area contributed by atoms with E-state index in [1.54, 1.807) is 0 Å². The van der Waals surface area contributed by atoms with Crippen molar-refractivity contribution in [1.82, 2.24) is 0 Å². The van der Waals surface area contributed by atoms with Crippen LogP contribution in [0.3, 0.4) is 0 Å². The van der Waals surface area contributed by atoms with E-state index >= 15 is 0 Å². The van der Waals surface area contributed by atoms with E-state index < -0.39 is 14.2 Å². The summed E-state index contributed by atoms with van der Waals surface area (Å²) in [5.41, 5.74) is 3.34. The molecule has 11 atom stereocenters. The first-order valence-electron chi connectivity index (χ1n) is 19.7. The van der Waals surface area contributed by atoms with Gasteiger partial charge in [-0.15, -0.1) is 0 Å². The van der Waals surface area contributed by atoms with Crippen molar-refractivity contribution in [1.29, 1.82) is 0 Å². The van der Waals surface area contributed by atoms with Crippen LogP contribution in [0.25, 0.3) is 0 Å². The highest BCUT2D eigenvalue weighted by molar-refractivity contribution is 6.74. The predicted molar refractivity (Wildman–Crippen MR) is 207 cm³/mol. The van der Waals surface area contributed by atoms with Crippen molar-refractivity contribution in [2.45, 2.75) is 167 Å². The molecule has 0 saturated carbocycles. The Balaban J connectivity index is 1.51. The average molecular weight is 711 g/mol. The number of carbonyl (C=O) groups is 1. The molecular weight excluding hydrogens is 641 g/mol. The summed E-state index contributed by atoms with van der Waals surface area (Å²) in [6, 6.07) is 10.1. The van der Waals surface area contributed by atoms with E-state index in [0.29, 0.717) is 24.4 Å². The van der Waals surface area contributed by atoms with Gasteiger partial charge in [0.15, 0.2) is 8.32 Å². The Kier molecular flexibility index (Phi) is 14.6. The minimum atomic E-state index is -1.87. The third-order valence-electron chi connectivity index (χ3n) is 12.5. The van der Waals surface area contributed by atoms with Crippen LogP contribution in [0.2, 0.25) is 18.1 Å². The first-order chi connectivity index (χ1) is 23.6. The Bertz CT molecular complexity index is 1260. The smallest absolute Gasteiger partial charge is 0.313 e. The van der Waals surface area contributed by atoms with E-state index in [1.807, 2.05) is 30.3 Å². The topological polar surface area (TPSA) is 63.2 Å². The number of hydrogen-bond donors (Lipinski definition) is 0. The van der Waals surface area contributed by atoms with Crippen LogP contribution in [-0.4, -0.2) is 64.6 Å². The average Bonchev–Trinajstić information content (AvgIpc) is 3.57. The SMILES string of the molecule is C=C1C[C@H](CCCC)OC1CC[C@H]1C[C@@H](C)C(=C)[C@@H](CC2O[C@H](C[C@H](C)CO[Si](C)(C)C(C)(C)C)[C@H](C)[C@H]2C(C(=O)OC)c2ccccc2)O1. The second kappa shape index (κ2) is 17.8. The van der Waals surface area contributed by atoms with Crippen LogP contribution in [0.1, 0.15) is 118 Å². The van der Waals surface area contributed by atoms with Gasteiger partial charge in [0.05, 0.1) is 49.7 Å². The molecule has 3 unspecified atom stereocenters. The lowest BCUT2D eigenvalue weighted by Gasteiger charge is -2.39. The van der Waals surface area contributed by atoms with Gasteiger partial charge in [0.2, 0.25) is 0 Å². The molecule has 3 aliphatic rings. The summed E-state index contributed by atoms with van der Waals surface area (Å²) in [6.45, 7) is 30.2. The van der Waals surface area contributed by atoms with Gasteiger partial charge in [-0.25, -0.2) is 0 Å². The first kappa shape index (κ1) is 41.0. The molecule has 1 aromatic rings. The normalized spacial score (nSPS) is 31.9. The van der Waals surface area contributed by atoms with Gasteiger partial charge in [-0.05, 0) is 91.1 Å². The van der Waals surface area contributed by atoms with Crippen LogP contribution in [0.15, 0.2) is 54.6 Å². The second-order valence-corrected chi connectivity index (χ2v) is 22.3. The number of carbonyl (C=O) groups excluding carboxylic acids is 1. The standard InChI is InChI=1S/C43H70O6Si/c1-13-14-20-34-25-30(4)36(47-34)22-21-35-24-29(3)31(5)38(48-35)26-39-40(41(42(44)45-10)33-18-16-15-17-19-33)32(6)37(49-39)23-28(2)27-46-50(11,12)43(7,8)9/h15-19,28-29,32,34-41H,4-5,13-14,20-27H2,1-3,6-12H3/t28-,29+,32-,34-,35-,36?,37+,38+,39?,40+,41?/m0/s1. The van der Waals surface area contributed by atoms with Crippen LogP contribution in [0.4, 0.5) is 0 Å². The largest absolute Gasteiger partial charge is 0.469 e. The second-order valence-electron chi connectivity index (χ2n) is 17.5. The van der Waals surface area contributed by atoms with Crippen molar-refractivity contribution in [3.63, 3.8) is 0 Å². The third kappa shape index (κ3) is 10.2. The summed E-state index contributed by atoms with van der Waals surface area (Å²) in [6.07, 6.45) is 9.11. The maximum Gasteiger partial charge on any atom is 0.313 e. The van der Waals surface area contributed by atoms with Crippen LogP contribution in [-0.2, 0) is 28.2 Å². The van der Waals surface area contributed by atoms with Gasteiger partial charge in [-0.2, -0.15) is 0 Å². The zero-order valence-corrected chi connectivity index (χ0v) is 34.2. The molecule has 0 spiro atoms. The Morgan fingerprint density at radius 2 is 1.66 bits per heavy atom. The van der Waals surface area contributed by atoms with Crippen molar-refractivity contribution in [2.75, 3.05) is 13.7 Å². The summed E-state index contributed by atoms with van der Waals surface area (Å²) in [5.74, 6) is 0.0988. The fourth-order valence-corrected chi connectivity index (χ4v) is 9.35. The summed E-state index contributed by atoms with van der Waals surface area (Å²) in [5, 5.41) is 0.163. The molecule has 0 aromatic heterocycles. The lowest BCUT2D eigenvalue weighted by Crippen LogP contribution is -2.42. The van der Waals surface area contributed by atoms with Crippen LogP contribution in [0.5, 0.6) is 0 Å². The van der Waals surface area contributed by atoms with E-state index in [2.05, 4.69) is 74.7 Å². The Labute approximate surface area is 306 Å². The van der Waals surface area contributed by atoms with Gasteiger partial charge in [0.25, 0.3) is 0 Å². The van der Waals surface area contributed by atoms with Crippen molar-refractivity contribution in [3.8, 4) is 0 Å². The van der Waals surface area contributed by atoms with Crippen LogP contribution in [0, 0.1) is 23.7 Å². The molecule has 4 rings (SSSR count). The van der Waals surface area contributed by atoms with E-state index in [-0.39, 0.29) is 53.4 Å². The van der Waals surface area contributed by atoms with Crippen LogP contribution < -0.4 is 0 Å². The van der Waals surface area contributed by atoms with Crippen molar-refractivity contribution >= 4 is 14.3 Å². The zero-order chi connectivity index (χ0) is 36.8. The van der Waals surface area contributed by atoms with Crippen molar-refractivity contribution in [2.24, 2.45) is 23.7 Å². The summed E-state index contributed by atoms with van der Waals surface area (Å²) >= 11 is 0. The number of esters is 1. The Morgan fingerprint density at radius 1 is 0.980 bits per heavy atom. The molecule has 3 saturated heterocycles. The maximum atomic E-state index is 13.6. The minimum Gasteiger partial charge on any atom is -0.469 e. The molecule has 0 amide bonds. The number of ether oxygens (including phenoxy) is 4. The number of benzene rings is 1. The monoisotopic (exact) mass is 710 g/mol. The first-order valence-corrected chi connectivity index (χ1v) is 22.6. The van der Waals surface area contributed by atoms with Gasteiger partial charge in [-0.1, -0.05) is 105 Å².